The molecule has 1 fully saturated rings. The van der Waals surface area contributed by atoms with Crippen molar-refractivity contribution < 1.29 is 9.59 Å². The minimum absolute atomic E-state index is 0.154. The fraction of sp³-hybridized carbons (Fsp3) is 0.875. The Bertz CT molecular complexity index is 314. The first-order valence-electron chi connectivity index (χ1n) is 7.28. The smallest absolute Gasteiger partial charge is 0.144 e. The molecule has 1 aliphatic rings. The highest BCUT2D eigenvalue weighted by Crippen LogP contribution is 2.46. The van der Waals surface area contributed by atoms with Crippen molar-refractivity contribution in [2.45, 2.75) is 73.1 Å². The zero-order valence-electron chi connectivity index (χ0n) is 12.6. The quantitative estimate of drug-likeness (QED) is 0.752. The Kier molecular flexibility index (Phi) is 4.74. The lowest BCUT2D eigenvalue weighted by atomic mass is 9.61. The molecule has 0 atom stereocenters. The third kappa shape index (κ3) is 3.21. The SMILES string of the molecule is CCCC1(C(=O)C(C)(C)C)CCC(C(C)=O)CC1. The molecule has 104 valence electrons. The van der Waals surface area contributed by atoms with Gasteiger partial charge in [-0.05, 0) is 39.0 Å². The van der Waals surface area contributed by atoms with E-state index in [2.05, 4.69) is 6.92 Å². The third-order valence-corrected chi connectivity index (χ3v) is 4.41. The Hall–Kier alpha value is -0.660. The van der Waals surface area contributed by atoms with Crippen LogP contribution >= 0.6 is 0 Å². The van der Waals surface area contributed by atoms with E-state index in [0.717, 1.165) is 38.5 Å². The second kappa shape index (κ2) is 5.54. The van der Waals surface area contributed by atoms with Gasteiger partial charge in [0, 0.05) is 16.7 Å². The van der Waals surface area contributed by atoms with Gasteiger partial charge in [0.2, 0.25) is 0 Å². The van der Waals surface area contributed by atoms with Crippen LogP contribution in [-0.2, 0) is 9.59 Å². The number of carbonyl (C=O) groups is 2. The van der Waals surface area contributed by atoms with Crippen LogP contribution in [0.25, 0.3) is 0 Å². The molecule has 1 aliphatic carbocycles. The van der Waals surface area contributed by atoms with E-state index in [1.165, 1.54) is 0 Å². The normalized spacial score (nSPS) is 29.1. The van der Waals surface area contributed by atoms with Crippen molar-refractivity contribution in [3.8, 4) is 0 Å². The number of Topliss-reactive ketones (excluding diaryl/α,β-unsaturated/α-hetero) is 2. The molecule has 0 spiro atoms. The van der Waals surface area contributed by atoms with Crippen LogP contribution in [0.5, 0.6) is 0 Å². The molecule has 0 heterocycles. The summed E-state index contributed by atoms with van der Waals surface area (Å²) in [6.07, 6.45) is 5.64. The molecular weight excluding hydrogens is 224 g/mol. The summed E-state index contributed by atoms with van der Waals surface area (Å²) in [7, 11) is 0. The van der Waals surface area contributed by atoms with Gasteiger partial charge in [0.1, 0.15) is 11.6 Å². The second-order valence-corrected chi connectivity index (χ2v) is 6.99. The first-order chi connectivity index (χ1) is 8.23. The van der Waals surface area contributed by atoms with Gasteiger partial charge in [-0.2, -0.15) is 0 Å². The molecule has 0 saturated heterocycles. The van der Waals surface area contributed by atoms with Crippen LogP contribution < -0.4 is 0 Å². The van der Waals surface area contributed by atoms with Crippen molar-refractivity contribution in [1.29, 1.82) is 0 Å². The highest BCUT2D eigenvalue weighted by Gasteiger charge is 2.45. The third-order valence-electron chi connectivity index (χ3n) is 4.41. The molecule has 0 N–H and O–H groups in total. The van der Waals surface area contributed by atoms with Gasteiger partial charge in [-0.1, -0.05) is 34.1 Å². The zero-order chi connectivity index (χ0) is 14.0. The Morgan fingerprint density at radius 3 is 2.00 bits per heavy atom. The largest absolute Gasteiger partial charge is 0.300 e. The van der Waals surface area contributed by atoms with E-state index >= 15 is 0 Å². The van der Waals surface area contributed by atoms with Crippen molar-refractivity contribution >= 4 is 11.6 Å². The monoisotopic (exact) mass is 252 g/mol. The molecule has 2 heteroatoms. The molecule has 0 aromatic rings. The molecule has 0 radical (unpaired) electrons. The van der Waals surface area contributed by atoms with E-state index < -0.39 is 0 Å². The molecule has 2 nitrogen and oxygen atoms in total. The van der Waals surface area contributed by atoms with Crippen LogP contribution in [0.15, 0.2) is 0 Å². The van der Waals surface area contributed by atoms with Gasteiger partial charge in [-0.3, -0.25) is 9.59 Å². The first kappa shape index (κ1) is 15.4. The summed E-state index contributed by atoms with van der Waals surface area (Å²) in [6, 6.07) is 0. The molecule has 0 amide bonds. The van der Waals surface area contributed by atoms with Crippen LogP contribution in [-0.4, -0.2) is 11.6 Å². The van der Waals surface area contributed by atoms with Crippen LogP contribution in [0, 0.1) is 16.7 Å². The number of ketones is 2. The topological polar surface area (TPSA) is 34.1 Å². The molecule has 0 bridgehead atoms. The number of hydrogen-bond acceptors (Lipinski definition) is 2. The van der Waals surface area contributed by atoms with Gasteiger partial charge >= 0.3 is 0 Å². The molecule has 1 rings (SSSR count). The van der Waals surface area contributed by atoms with Gasteiger partial charge in [-0.15, -0.1) is 0 Å². The summed E-state index contributed by atoms with van der Waals surface area (Å²) in [4.78, 5) is 24.2. The first-order valence-corrected chi connectivity index (χ1v) is 7.28. The summed E-state index contributed by atoms with van der Waals surface area (Å²) in [5.41, 5.74) is -0.419. The number of hydrogen-bond donors (Lipinski definition) is 0. The van der Waals surface area contributed by atoms with Gasteiger partial charge in [0.25, 0.3) is 0 Å². The van der Waals surface area contributed by atoms with Gasteiger partial charge in [0.15, 0.2) is 0 Å². The van der Waals surface area contributed by atoms with Crippen LogP contribution in [0.3, 0.4) is 0 Å². The lowest BCUT2D eigenvalue weighted by Gasteiger charge is -2.42. The molecule has 0 unspecified atom stereocenters. The van der Waals surface area contributed by atoms with Gasteiger partial charge < -0.3 is 0 Å². The molecule has 0 aliphatic heterocycles. The minimum Gasteiger partial charge on any atom is -0.300 e. The Labute approximate surface area is 112 Å². The minimum atomic E-state index is -0.266. The van der Waals surface area contributed by atoms with Gasteiger partial charge in [0.05, 0.1) is 0 Å². The standard InChI is InChI=1S/C16H28O2/c1-6-9-16(14(18)15(3,4)5)10-7-13(8-11-16)12(2)17/h13H,6-11H2,1-5H3. The summed E-state index contributed by atoms with van der Waals surface area (Å²) >= 11 is 0. The molecule has 0 aromatic carbocycles. The molecule has 1 saturated carbocycles. The molecular formula is C16H28O2. The average Bonchev–Trinajstić information content (AvgIpc) is 2.27. The van der Waals surface area contributed by atoms with E-state index in [1.54, 1.807) is 6.92 Å². The maximum atomic E-state index is 12.7. The molecule has 18 heavy (non-hydrogen) atoms. The van der Waals surface area contributed by atoms with E-state index in [1.807, 2.05) is 20.8 Å². The highest BCUT2D eigenvalue weighted by atomic mass is 16.1. The Morgan fingerprint density at radius 2 is 1.67 bits per heavy atom. The van der Waals surface area contributed by atoms with E-state index in [0.29, 0.717) is 11.6 Å². The van der Waals surface area contributed by atoms with Crippen molar-refractivity contribution in [3.63, 3.8) is 0 Å². The predicted octanol–water partition coefficient (Wildman–Crippen LogP) is 4.17. The Balaban J connectivity index is 2.85. The highest BCUT2D eigenvalue weighted by molar-refractivity contribution is 5.89. The fourth-order valence-corrected chi connectivity index (χ4v) is 3.44. The van der Waals surface area contributed by atoms with Crippen LogP contribution in [0.1, 0.15) is 73.1 Å². The molecule has 0 aromatic heterocycles. The number of carbonyl (C=O) groups excluding carboxylic acids is 2. The maximum Gasteiger partial charge on any atom is 0.144 e. The van der Waals surface area contributed by atoms with Gasteiger partial charge in [-0.25, -0.2) is 0 Å². The Morgan fingerprint density at radius 1 is 1.17 bits per heavy atom. The van der Waals surface area contributed by atoms with Crippen molar-refractivity contribution in [3.05, 3.63) is 0 Å². The zero-order valence-corrected chi connectivity index (χ0v) is 12.6. The van der Waals surface area contributed by atoms with Crippen LogP contribution in [0.2, 0.25) is 0 Å². The maximum absolute atomic E-state index is 12.7. The summed E-state index contributed by atoms with van der Waals surface area (Å²) in [5.74, 6) is 0.893. The predicted molar refractivity (Wildman–Crippen MR) is 74.4 cm³/mol. The lowest BCUT2D eigenvalue weighted by Crippen LogP contribution is -2.42. The average molecular weight is 252 g/mol. The summed E-state index contributed by atoms with van der Waals surface area (Å²) < 4.78 is 0. The summed E-state index contributed by atoms with van der Waals surface area (Å²) in [6.45, 7) is 9.88. The van der Waals surface area contributed by atoms with Crippen molar-refractivity contribution in [2.75, 3.05) is 0 Å². The second-order valence-electron chi connectivity index (χ2n) is 6.99. The van der Waals surface area contributed by atoms with E-state index in [-0.39, 0.29) is 16.7 Å². The van der Waals surface area contributed by atoms with Crippen molar-refractivity contribution in [2.24, 2.45) is 16.7 Å². The summed E-state index contributed by atoms with van der Waals surface area (Å²) in [5, 5.41) is 0. The van der Waals surface area contributed by atoms with E-state index in [4.69, 9.17) is 0 Å². The number of rotatable bonds is 4. The van der Waals surface area contributed by atoms with E-state index in [9.17, 15) is 9.59 Å². The lowest BCUT2D eigenvalue weighted by molar-refractivity contribution is -0.141. The van der Waals surface area contributed by atoms with Crippen molar-refractivity contribution in [1.82, 2.24) is 0 Å². The van der Waals surface area contributed by atoms with Crippen LogP contribution in [0.4, 0.5) is 0 Å². The fourth-order valence-electron chi connectivity index (χ4n) is 3.44.